The first kappa shape index (κ1) is 16.9. The third-order valence-corrected chi connectivity index (χ3v) is 5.15. The van der Waals surface area contributed by atoms with Gasteiger partial charge in [-0.2, -0.15) is 5.10 Å². The van der Waals surface area contributed by atoms with Gasteiger partial charge in [-0.05, 0) is 19.4 Å². The van der Waals surface area contributed by atoms with Crippen LogP contribution >= 0.6 is 0 Å². The Labute approximate surface area is 131 Å². The number of aromatic nitrogens is 3. The molecule has 0 amide bonds. The van der Waals surface area contributed by atoms with E-state index in [1.54, 1.807) is 17.8 Å². The Hall–Kier alpha value is -1.51. The Morgan fingerprint density at radius 3 is 2.82 bits per heavy atom. The molecule has 3 N–H and O–H groups in total. The molecule has 1 unspecified atom stereocenters. The van der Waals surface area contributed by atoms with Gasteiger partial charge in [0.25, 0.3) is 0 Å². The van der Waals surface area contributed by atoms with Crippen molar-refractivity contribution in [3.63, 3.8) is 0 Å². The number of aryl methyl sites for hydroxylation is 2. The summed E-state index contributed by atoms with van der Waals surface area (Å²) in [5.74, 6) is 0. The van der Waals surface area contributed by atoms with Crippen LogP contribution in [-0.4, -0.2) is 35.8 Å². The lowest BCUT2D eigenvalue weighted by atomic mass is 10.1. The van der Waals surface area contributed by atoms with Gasteiger partial charge in [0.15, 0.2) is 5.65 Å². The smallest absolute Gasteiger partial charge is 0.242 e. The van der Waals surface area contributed by atoms with Crippen molar-refractivity contribution in [1.29, 1.82) is 0 Å². The Morgan fingerprint density at radius 1 is 1.45 bits per heavy atom. The molecule has 0 aromatic carbocycles. The van der Waals surface area contributed by atoms with Crippen molar-refractivity contribution in [2.45, 2.75) is 44.0 Å². The number of fused-ring (bicyclic) bond motifs is 1. The maximum atomic E-state index is 12.5. The van der Waals surface area contributed by atoms with Gasteiger partial charge in [-0.25, -0.2) is 18.1 Å². The van der Waals surface area contributed by atoms with Crippen LogP contribution in [0.4, 0.5) is 0 Å². The number of rotatable bonds is 7. The first-order chi connectivity index (χ1) is 10.4. The average molecular weight is 325 g/mol. The lowest BCUT2D eigenvalue weighted by molar-refractivity contribution is 0.516. The molecule has 0 aliphatic carbocycles. The minimum absolute atomic E-state index is 0.144. The second-order valence-corrected chi connectivity index (χ2v) is 7.16. The molecule has 0 aliphatic rings. The number of unbranched alkanes of at least 4 members (excludes halogenated alkanes) is 1. The number of sulfonamides is 1. The van der Waals surface area contributed by atoms with Crippen LogP contribution in [0.15, 0.2) is 17.2 Å². The quantitative estimate of drug-likeness (QED) is 0.792. The van der Waals surface area contributed by atoms with E-state index in [0.29, 0.717) is 5.65 Å². The standard InChI is InChI=1S/C14H23N5O2S/c1-4-5-6-11(8-15)18-22(20,21)12-7-13-10(2)17-19(3)14(13)16-9-12/h7,9,11,18H,4-6,8,15H2,1-3H3. The fourth-order valence-corrected chi connectivity index (χ4v) is 3.65. The van der Waals surface area contributed by atoms with E-state index in [4.69, 9.17) is 5.73 Å². The third-order valence-electron chi connectivity index (χ3n) is 3.66. The van der Waals surface area contributed by atoms with Crippen LogP contribution in [0.2, 0.25) is 0 Å². The summed E-state index contributed by atoms with van der Waals surface area (Å²) in [5.41, 5.74) is 7.08. The summed E-state index contributed by atoms with van der Waals surface area (Å²) in [7, 11) is -1.85. The van der Waals surface area contributed by atoms with Crippen LogP contribution in [-0.2, 0) is 17.1 Å². The minimum Gasteiger partial charge on any atom is -0.329 e. The highest BCUT2D eigenvalue weighted by Crippen LogP contribution is 2.19. The summed E-state index contributed by atoms with van der Waals surface area (Å²) in [5, 5.41) is 4.99. The number of hydrogen-bond acceptors (Lipinski definition) is 5. The summed E-state index contributed by atoms with van der Waals surface area (Å²) < 4.78 is 29.3. The van der Waals surface area contributed by atoms with E-state index < -0.39 is 10.0 Å². The Morgan fingerprint density at radius 2 is 2.18 bits per heavy atom. The molecule has 7 nitrogen and oxygen atoms in total. The molecule has 2 aromatic rings. The SMILES string of the molecule is CCCCC(CN)NS(=O)(=O)c1cnc2c(c1)c(C)nn2C. The van der Waals surface area contributed by atoms with E-state index in [1.165, 1.54) is 6.20 Å². The Balaban J connectivity index is 2.30. The number of pyridine rings is 1. The van der Waals surface area contributed by atoms with Gasteiger partial charge in [0, 0.05) is 31.2 Å². The highest BCUT2D eigenvalue weighted by molar-refractivity contribution is 7.89. The van der Waals surface area contributed by atoms with Crippen LogP contribution in [0.1, 0.15) is 31.9 Å². The first-order valence-corrected chi connectivity index (χ1v) is 8.89. The van der Waals surface area contributed by atoms with Gasteiger partial charge in [0.05, 0.1) is 5.69 Å². The van der Waals surface area contributed by atoms with Crippen molar-refractivity contribution >= 4 is 21.1 Å². The fraction of sp³-hybridized carbons (Fsp3) is 0.571. The normalized spacial score (nSPS) is 13.6. The summed E-state index contributed by atoms with van der Waals surface area (Å²) >= 11 is 0. The zero-order chi connectivity index (χ0) is 16.3. The molecule has 2 aromatic heterocycles. The number of nitrogens with two attached hydrogens (primary N) is 1. The molecule has 0 saturated heterocycles. The molecule has 0 spiro atoms. The molecule has 0 bridgehead atoms. The highest BCUT2D eigenvalue weighted by atomic mass is 32.2. The minimum atomic E-state index is -3.63. The van der Waals surface area contributed by atoms with Crippen molar-refractivity contribution in [1.82, 2.24) is 19.5 Å². The average Bonchev–Trinajstić information content (AvgIpc) is 2.78. The van der Waals surface area contributed by atoms with Gasteiger partial charge in [0.2, 0.25) is 10.0 Å². The van der Waals surface area contributed by atoms with Gasteiger partial charge in [-0.1, -0.05) is 19.8 Å². The monoisotopic (exact) mass is 325 g/mol. The van der Waals surface area contributed by atoms with E-state index in [-0.39, 0.29) is 17.5 Å². The van der Waals surface area contributed by atoms with Crippen LogP contribution < -0.4 is 10.5 Å². The van der Waals surface area contributed by atoms with Gasteiger partial charge in [-0.3, -0.25) is 4.68 Å². The zero-order valence-corrected chi connectivity index (χ0v) is 14.0. The first-order valence-electron chi connectivity index (χ1n) is 7.40. The van der Waals surface area contributed by atoms with E-state index >= 15 is 0 Å². The molecule has 0 fully saturated rings. The second kappa shape index (κ2) is 6.72. The van der Waals surface area contributed by atoms with Crippen LogP contribution in [0.3, 0.4) is 0 Å². The molecule has 1 atom stereocenters. The molecule has 2 heterocycles. The fourth-order valence-electron chi connectivity index (χ4n) is 2.40. The molecule has 0 aliphatic heterocycles. The topological polar surface area (TPSA) is 103 Å². The lowest BCUT2D eigenvalue weighted by Gasteiger charge is -2.16. The van der Waals surface area contributed by atoms with E-state index in [9.17, 15) is 8.42 Å². The van der Waals surface area contributed by atoms with Crippen LogP contribution in [0.25, 0.3) is 11.0 Å². The summed E-state index contributed by atoms with van der Waals surface area (Å²) in [6.07, 6.45) is 4.02. The number of nitrogens with one attached hydrogen (secondary N) is 1. The van der Waals surface area contributed by atoms with E-state index in [2.05, 4.69) is 21.7 Å². The van der Waals surface area contributed by atoms with E-state index in [1.807, 2.05) is 6.92 Å². The molecular weight excluding hydrogens is 302 g/mol. The summed E-state index contributed by atoms with van der Waals surface area (Å²) in [4.78, 5) is 4.36. The molecule has 0 radical (unpaired) electrons. The van der Waals surface area contributed by atoms with E-state index in [0.717, 1.165) is 30.3 Å². The predicted molar refractivity (Wildman–Crippen MR) is 85.9 cm³/mol. The number of nitrogens with zero attached hydrogens (tertiary/aromatic N) is 3. The maximum Gasteiger partial charge on any atom is 0.242 e. The van der Waals surface area contributed by atoms with Gasteiger partial charge >= 0.3 is 0 Å². The summed E-state index contributed by atoms with van der Waals surface area (Å²) in [6.45, 7) is 4.17. The van der Waals surface area contributed by atoms with Gasteiger partial charge in [-0.15, -0.1) is 0 Å². The second-order valence-electron chi connectivity index (χ2n) is 5.45. The molecular formula is C14H23N5O2S. The summed E-state index contributed by atoms with van der Waals surface area (Å²) in [6, 6.07) is 1.36. The molecule has 122 valence electrons. The van der Waals surface area contributed by atoms with Crippen LogP contribution in [0, 0.1) is 6.92 Å². The maximum absolute atomic E-state index is 12.5. The van der Waals surface area contributed by atoms with Crippen molar-refractivity contribution in [3.05, 3.63) is 18.0 Å². The Bertz CT molecular complexity index is 754. The van der Waals surface area contributed by atoms with Crippen molar-refractivity contribution in [3.8, 4) is 0 Å². The predicted octanol–water partition coefficient (Wildman–Crippen LogP) is 1.07. The molecule has 0 saturated carbocycles. The lowest BCUT2D eigenvalue weighted by Crippen LogP contribution is -2.40. The van der Waals surface area contributed by atoms with Crippen molar-refractivity contribution in [2.75, 3.05) is 6.54 Å². The molecule has 22 heavy (non-hydrogen) atoms. The highest BCUT2D eigenvalue weighted by Gasteiger charge is 2.21. The largest absolute Gasteiger partial charge is 0.329 e. The van der Waals surface area contributed by atoms with Crippen LogP contribution in [0.5, 0.6) is 0 Å². The van der Waals surface area contributed by atoms with Gasteiger partial charge in [0.1, 0.15) is 4.90 Å². The third kappa shape index (κ3) is 3.45. The van der Waals surface area contributed by atoms with Crippen molar-refractivity contribution < 1.29 is 8.42 Å². The number of hydrogen-bond donors (Lipinski definition) is 2. The zero-order valence-electron chi connectivity index (χ0n) is 13.2. The molecule has 8 heteroatoms. The Kier molecular flexibility index (Phi) is 5.15. The van der Waals surface area contributed by atoms with Gasteiger partial charge < -0.3 is 5.73 Å². The van der Waals surface area contributed by atoms with Crippen molar-refractivity contribution in [2.24, 2.45) is 12.8 Å². The molecule has 2 rings (SSSR count).